The van der Waals surface area contributed by atoms with E-state index in [4.69, 9.17) is 4.98 Å². The molecule has 34 heavy (non-hydrogen) atoms. The van der Waals surface area contributed by atoms with Crippen LogP contribution in [0.5, 0.6) is 0 Å². The van der Waals surface area contributed by atoms with Gasteiger partial charge in [0.25, 0.3) is 5.91 Å². The summed E-state index contributed by atoms with van der Waals surface area (Å²) < 4.78 is 0. The maximum absolute atomic E-state index is 13.6. The standard InChI is InChI=1S/C27H25N5OS/c33-26(32-15-7-9-18(16-32)25-28-21-11-3-4-12-22(21)29-25)20-10-2-1-8-19(20)17-34-27-30-23-13-5-6-14-24(23)31-27/h1-6,8,10-14,18H,7,9,15-17H2,(H,28,29)(H,30,31). The third kappa shape index (κ3) is 4.07. The molecule has 1 aliphatic heterocycles. The zero-order valence-electron chi connectivity index (χ0n) is 18.7. The van der Waals surface area contributed by atoms with E-state index < -0.39 is 0 Å². The lowest BCUT2D eigenvalue weighted by atomic mass is 9.96. The molecule has 1 atom stereocenters. The number of carbonyl (C=O) groups excluding carboxylic acids is 1. The minimum absolute atomic E-state index is 0.0987. The Kier molecular flexibility index (Phi) is 5.55. The quantitative estimate of drug-likeness (QED) is 0.323. The molecule has 0 saturated carbocycles. The number of thioether (sulfide) groups is 1. The van der Waals surface area contributed by atoms with E-state index in [1.54, 1.807) is 11.8 Å². The number of imidazole rings is 2. The van der Waals surface area contributed by atoms with Crippen LogP contribution in [0.4, 0.5) is 0 Å². The van der Waals surface area contributed by atoms with Crippen LogP contribution in [0.25, 0.3) is 22.1 Å². The molecule has 170 valence electrons. The summed E-state index contributed by atoms with van der Waals surface area (Å²) >= 11 is 1.62. The van der Waals surface area contributed by atoms with Crippen LogP contribution in [0.2, 0.25) is 0 Å². The SMILES string of the molecule is O=C(c1ccccc1CSc1nc2ccccc2[nH]1)N1CCCC(c2nc3ccccc3[nH]2)C1. The first kappa shape index (κ1) is 21.0. The lowest BCUT2D eigenvalue weighted by Crippen LogP contribution is -2.39. The van der Waals surface area contributed by atoms with Crippen LogP contribution < -0.4 is 0 Å². The Bertz CT molecular complexity index is 1410. The van der Waals surface area contributed by atoms with Crippen LogP contribution in [-0.4, -0.2) is 43.8 Å². The van der Waals surface area contributed by atoms with Gasteiger partial charge in [0.15, 0.2) is 5.16 Å². The smallest absolute Gasteiger partial charge is 0.254 e. The highest BCUT2D eigenvalue weighted by molar-refractivity contribution is 7.98. The molecule has 2 aromatic heterocycles. The van der Waals surface area contributed by atoms with Gasteiger partial charge in [-0.2, -0.15) is 0 Å². The van der Waals surface area contributed by atoms with Gasteiger partial charge in [0, 0.05) is 30.3 Å². The summed E-state index contributed by atoms with van der Waals surface area (Å²) in [4.78, 5) is 31.8. The highest BCUT2D eigenvalue weighted by Crippen LogP contribution is 2.29. The van der Waals surface area contributed by atoms with Crippen molar-refractivity contribution >= 4 is 39.7 Å². The third-order valence-electron chi connectivity index (χ3n) is 6.48. The molecule has 0 radical (unpaired) electrons. The second-order valence-electron chi connectivity index (χ2n) is 8.73. The maximum Gasteiger partial charge on any atom is 0.254 e. The first-order valence-corrected chi connectivity index (χ1v) is 12.6. The van der Waals surface area contributed by atoms with Crippen molar-refractivity contribution in [3.05, 3.63) is 89.7 Å². The van der Waals surface area contributed by atoms with E-state index in [0.29, 0.717) is 12.3 Å². The van der Waals surface area contributed by atoms with Gasteiger partial charge in [0.2, 0.25) is 0 Å². The lowest BCUT2D eigenvalue weighted by Gasteiger charge is -2.32. The summed E-state index contributed by atoms with van der Waals surface area (Å²) in [5, 5.41) is 0.867. The number of hydrogen-bond acceptors (Lipinski definition) is 4. The fraction of sp³-hybridized carbons (Fsp3) is 0.222. The van der Waals surface area contributed by atoms with Gasteiger partial charge in [-0.3, -0.25) is 4.79 Å². The number of hydrogen-bond donors (Lipinski definition) is 2. The molecule has 5 aromatic rings. The monoisotopic (exact) mass is 467 g/mol. The summed E-state index contributed by atoms with van der Waals surface area (Å²) in [6.45, 7) is 1.46. The van der Waals surface area contributed by atoms with E-state index in [-0.39, 0.29) is 11.8 Å². The molecule has 1 aliphatic rings. The van der Waals surface area contributed by atoms with E-state index in [1.165, 1.54) is 0 Å². The number of likely N-dealkylation sites (tertiary alicyclic amines) is 1. The number of benzene rings is 3. The van der Waals surface area contributed by atoms with Crippen molar-refractivity contribution in [3.63, 3.8) is 0 Å². The topological polar surface area (TPSA) is 77.7 Å². The Labute approximate surface area is 201 Å². The molecule has 3 aromatic carbocycles. The van der Waals surface area contributed by atoms with Gasteiger partial charge in [-0.05, 0) is 48.7 Å². The highest BCUT2D eigenvalue weighted by atomic mass is 32.2. The van der Waals surface area contributed by atoms with Gasteiger partial charge < -0.3 is 14.9 Å². The number of para-hydroxylation sites is 4. The van der Waals surface area contributed by atoms with Crippen LogP contribution in [0, 0.1) is 0 Å². The lowest BCUT2D eigenvalue weighted by molar-refractivity contribution is 0.0704. The molecule has 3 heterocycles. The average Bonchev–Trinajstić information content (AvgIpc) is 3.51. The zero-order chi connectivity index (χ0) is 22.9. The predicted molar refractivity (Wildman–Crippen MR) is 136 cm³/mol. The summed E-state index contributed by atoms with van der Waals surface area (Å²) in [6, 6.07) is 24.0. The Balaban J connectivity index is 1.19. The molecular weight excluding hydrogens is 442 g/mol. The molecule has 0 spiro atoms. The number of carbonyl (C=O) groups is 1. The van der Waals surface area contributed by atoms with Crippen LogP contribution in [0.1, 0.15) is 40.5 Å². The van der Waals surface area contributed by atoms with Crippen LogP contribution in [-0.2, 0) is 5.75 Å². The van der Waals surface area contributed by atoms with Crippen molar-refractivity contribution in [1.29, 1.82) is 0 Å². The number of H-pyrrole nitrogens is 2. The maximum atomic E-state index is 13.6. The minimum Gasteiger partial charge on any atom is -0.342 e. The van der Waals surface area contributed by atoms with Gasteiger partial charge in [0.1, 0.15) is 5.82 Å². The number of nitrogens with one attached hydrogen (secondary N) is 2. The van der Waals surface area contributed by atoms with Crippen molar-refractivity contribution in [1.82, 2.24) is 24.8 Å². The zero-order valence-corrected chi connectivity index (χ0v) is 19.5. The molecule has 1 saturated heterocycles. The molecule has 1 amide bonds. The Morgan fingerprint density at radius 2 is 1.62 bits per heavy atom. The van der Waals surface area contributed by atoms with E-state index in [2.05, 4.69) is 15.0 Å². The van der Waals surface area contributed by atoms with Crippen molar-refractivity contribution in [2.75, 3.05) is 13.1 Å². The molecule has 2 N–H and O–H groups in total. The van der Waals surface area contributed by atoms with Gasteiger partial charge >= 0.3 is 0 Å². The number of fused-ring (bicyclic) bond motifs is 2. The highest BCUT2D eigenvalue weighted by Gasteiger charge is 2.28. The van der Waals surface area contributed by atoms with E-state index >= 15 is 0 Å². The molecular formula is C27H25N5OS. The first-order chi connectivity index (χ1) is 16.7. The second-order valence-corrected chi connectivity index (χ2v) is 9.70. The van der Waals surface area contributed by atoms with Crippen molar-refractivity contribution < 1.29 is 4.79 Å². The fourth-order valence-electron chi connectivity index (χ4n) is 4.72. The summed E-state index contributed by atoms with van der Waals surface area (Å²) in [5.41, 5.74) is 5.82. The summed E-state index contributed by atoms with van der Waals surface area (Å²) in [6.07, 6.45) is 2.01. The first-order valence-electron chi connectivity index (χ1n) is 11.6. The number of aromatic nitrogens is 4. The number of nitrogens with zero attached hydrogens (tertiary/aromatic N) is 3. The van der Waals surface area contributed by atoms with Crippen LogP contribution >= 0.6 is 11.8 Å². The Morgan fingerprint density at radius 1 is 0.912 bits per heavy atom. The molecule has 1 unspecified atom stereocenters. The van der Waals surface area contributed by atoms with E-state index in [1.807, 2.05) is 77.7 Å². The molecule has 0 aliphatic carbocycles. The molecule has 0 bridgehead atoms. The van der Waals surface area contributed by atoms with Crippen LogP contribution in [0.3, 0.4) is 0 Å². The second kappa shape index (κ2) is 8.99. The number of piperidine rings is 1. The normalized spacial score (nSPS) is 16.4. The van der Waals surface area contributed by atoms with E-state index in [9.17, 15) is 4.79 Å². The fourth-order valence-corrected chi connectivity index (χ4v) is 5.61. The minimum atomic E-state index is 0.0987. The van der Waals surface area contributed by atoms with Gasteiger partial charge in [-0.15, -0.1) is 0 Å². The van der Waals surface area contributed by atoms with Crippen molar-refractivity contribution in [2.24, 2.45) is 0 Å². The largest absolute Gasteiger partial charge is 0.342 e. The number of amides is 1. The van der Waals surface area contributed by atoms with Crippen molar-refractivity contribution in [3.8, 4) is 0 Å². The summed E-state index contributed by atoms with van der Waals surface area (Å²) in [7, 11) is 0. The molecule has 7 heteroatoms. The Hall–Kier alpha value is -3.58. The van der Waals surface area contributed by atoms with Gasteiger partial charge in [0.05, 0.1) is 22.1 Å². The van der Waals surface area contributed by atoms with Gasteiger partial charge in [-0.25, -0.2) is 9.97 Å². The van der Waals surface area contributed by atoms with Gasteiger partial charge in [-0.1, -0.05) is 54.2 Å². The number of rotatable bonds is 5. The average molecular weight is 468 g/mol. The van der Waals surface area contributed by atoms with Crippen molar-refractivity contribution in [2.45, 2.75) is 29.7 Å². The van der Waals surface area contributed by atoms with Crippen LogP contribution in [0.15, 0.2) is 78.0 Å². The molecule has 6 rings (SSSR count). The third-order valence-corrected chi connectivity index (χ3v) is 7.40. The van der Waals surface area contributed by atoms with E-state index in [0.717, 1.165) is 63.6 Å². The molecule has 1 fully saturated rings. The molecule has 6 nitrogen and oxygen atoms in total. The predicted octanol–water partition coefficient (Wildman–Crippen LogP) is 5.75. The number of aromatic amines is 2. The summed E-state index contributed by atoms with van der Waals surface area (Å²) in [5.74, 6) is 1.99. The Morgan fingerprint density at radius 3 is 2.41 bits per heavy atom.